The van der Waals surface area contributed by atoms with E-state index in [0.717, 1.165) is 51.9 Å². The van der Waals surface area contributed by atoms with Crippen molar-refractivity contribution >= 4 is 34.8 Å². The van der Waals surface area contributed by atoms with Gasteiger partial charge in [0.25, 0.3) is 0 Å². The van der Waals surface area contributed by atoms with Crippen molar-refractivity contribution in [2.75, 3.05) is 18.8 Å². The smallest absolute Gasteiger partial charge is 0.245 e. The summed E-state index contributed by atoms with van der Waals surface area (Å²) in [5.41, 5.74) is 10.7. The summed E-state index contributed by atoms with van der Waals surface area (Å²) in [5.74, 6) is 1.50. The zero-order valence-corrected chi connectivity index (χ0v) is 23.0. The Morgan fingerprint density at radius 3 is 2.33 bits per heavy atom. The van der Waals surface area contributed by atoms with E-state index < -0.39 is 0 Å². The number of aromatic nitrogens is 3. The van der Waals surface area contributed by atoms with Gasteiger partial charge in [0.05, 0.1) is 16.9 Å². The van der Waals surface area contributed by atoms with Crippen molar-refractivity contribution in [3.63, 3.8) is 0 Å². The van der Waals surface area contributed by atoms with E-state index in [1.807, 2.05) is 76.3 Å². The van der Waals surface area contributed by atoms with Crippen LogP contribution in [0.2, 0.25) is 0 Å². The lowest BCUT2D eigenvalue weighted by atomic mass is 10.0. The van der Waals surface area contributed by atoms with Crippen LogP contribution in [0.1, 0.15) is 30.0 Å². The average Bonchev–Trinajstić information content (AvgIpc) is 3.44. The molecule has 8 heteroatoms. The third kappa shape index (κ3) is 5.51. The van der Waals surface area contributed by atoms with Crippen LogP contribution in [0, 0.1) is 5.82 Å². The molecular weight excluding hydrogens is 529 g/mol. The molecule has 0 aliphatic carbocycles. The van der Waals surface area contributed by atoms with Gasteiger partial charge in [-0.05, 0) is 73.0 Å². The number of hydrogen-bond acceptors (Lipinski definition) is 5. The van der Waals surface area contributed by atoms with Crippen LogP contribution in [0.5, 0.6) is 11.5 Å². The Morgan fingerprint density at radius 1 is 0.952 bits per heavy atom. The molecule has 1 fully saturated rings. The van der Waals surface area contributed by atoms with Gasteiger partial charge in [0, 0.05) is 30.4 Å². The second-order valence-corrected chi connectivity index (χ2v) is 10.2. The number of pyridine rings is 1. The number of fused-ring (bicyclic) bond motifs is 1. The number of carbonyl (C=O) groups excluding carboxylic acids is 1. The molecule has 2 aromatic heterocycles. The van der Waals surface area contributed by atoms with Gasteiger partial charge in [-0.15, -0.1) is 0 Å². The Morgan fingerprint density at radius 2 is 1.64 bits per heavy atom. The molecule has 0 saturated carbocycles. The SMILES string of the molecule is C=CC(=O)N1CCC(n2nc(-c3ccc(Oc4ccccc4)cc3)c3c(N)ncc(C=Cc4ccc(F)cc4)c32)CC1. The quantitative estimate of drug-likeness (QED) is 0.214. The molecule has 1 aliphatic heterocycles. The van der Waals surface area contributed by atoms with Crippen LogP contribution in [0.15, 0.2) is 97.7 Å². The molecule has 6 rings (SSSR count). The number of benzene rings is 3. The first-order chi connectivity index (χ1) is 20.5. The highest BCUT2D eigenvalue weighted by atomic mass is 19.1. The predicted octanol–water partition coefficient (Wildman–Crippen LogP) is 7.13. The molecule has 0 atom stereocenters. The van der Waals surface area contributed by atoms with Gasteiger partial charge in [-0.25, -0.2) is 9.37 Å². The van der Waals surface area contributed by atoms with E-state index in [1.165, 1.54) is 18.2 Å². The molecule has 7 nitrogen and oxygen atoms in total. The van der Waals surface area contributed by atoms with Gasteiger partial charge in [-0.2, -0.15) is 5.10 Å². The van der Waals surface area contributed by atoms with E-state index in [9.17, 15) is 9.18 Å². The Bertz CT molecular complexity index is 1750. The summed E-state index contributed by atoms with van der Waals surface area (Å²) in [7, 11) is 0. The number of carbonyl (C=O) groups is 1. The lowest BCUT2D eigenvalue weighted by molar-refractivity contribution is -0.127. The number of hydrogen-bond donors (Lipinski definition) is 1. The molecule has 3 aromatic carbocycles. The van der Waals surface area contributed by atoms with Gasteiger partial charge < -0.3 is 15.4 Å². The van der Waals surface area contributed by atoms with Gasteiger partial charge in [0.15, 0.2) is 0 Å². The van der Waals surface area contributed by atoms with Crippen LogP contribution >= 0.6 is 0 Å². The normalized spacial score (nSPS) is 14.0. The topological polar surface area (TPSA) is 86.3 Å². The fourth-order valence-electron chi connectivity index (χ4n) is 5.33. The number of rotatable bonds is 7. The Labute approximate surface area is 243 Å². The lowest BCUT2D eigenvalue weighted by Crippen LogP contribution is -2.38. The molecule has 3 heterocycles. The zero-order valence-electron chi connectivity index (χ0n) is 23.0. The summed E-state index contributed by atoms with van der Waals surface area (Å²) in [5, 5.41) is 5.89. The first kappa shape index (κ1) is 27.0. The molecule has 2 N–H and O–H groups in total. The molecule has 1 saturated heterocycles. The van der Waals surface area contributed by atoms with E-state index >= 15 is 0 Å². The highest BCUT2D eigenvalue weighted by Crippen LogP contribution is 2.38. The molecule has 1 aliphatic rings. The van der Waals surface area contributed by atoms with Crippen LogP contribution in [0.25, 0.3) is 34.3 Å². The number of nitrogen functional groups attached to an aromatic ring is 1. The molecule has 5 aromatic rings. The number of piperidine rings is 1. The highest BCUT2D eigenvalue weighted by Gasteiger charge is 2.27. The van der Waals surface area contributed by atoms with E-state index in [2.05, 4.69) is 11.6 Å². The number of anilines is 1. The maximum absolute atomic E-state index is 13.5. The summed E-state index contributed by atoms with van der Waals surface area (Å²) < 4.78 is 21.5. The molecule has 0 bridgehead atoms. The van der Waals surface area contributed by atoms with Gasteiger partial charge >= 0.3 is 0 Å². The van der Waals surface area contributed by atoms with Crippen LogP contribution in [0.3, 0.4) is 0 Å². The van der Waals surface area contributed by atoms with E-state index in [0.29, 0.717) is 24.7 Å². The molecule has 0 radical (unpaired) electrons. The number of nitrogens with zero attached hydrogens (tertiary/aromatic N) is 4. The number of ether oxygens (including phenoxy) is 1. The largest absolute Gasteiger partial charge is 0.457 e. The molecule has 0 unspecified atom stereocenters. The minimum absolute atomic E-state index is 0.0515. The minimum atomic E-state index is -0.284. The second-order valence-electron chi connectivity index (χ2n) is 10.2. The Balaban J connectivity index is 1.41. The average molecular weight is 560 g/mol. The fourth-order valence-corrected chi connectivity index (χ4v) is 5.33. The zero-order chi connectivity index (χ0) is 29.1. The summed E-state index contributed by atoms with van der Waals surface area (Å²) in [4.78, 5) is 18.5. The maximum Gasteiger partial charge on any atom is 0.245 e. The Hall–Kier alpha value is -5.24. The van der Waals surface area contributed by atoms with Crippen LogP contribution in [-0.2, 0) is 4.79 Å². The first-order valence-corrected chi connectivity index (χ1v) is 13.8. The lowest BCUT2D eigenvalue weighted by Gasteiger charge is -2.32. The van der Waals surface area contributed by atoms with Crippen LogP contribution < -0.4 is 10.5 Å². The number of amides is 1. The van der Waals surface area contributed by atoms with E-state index in [1.54, 1.807) is 18.3 Å². The van der Waals surface area contributed by atoms with Crippen molar-refractivity contribution in [1.82, 2.24) is 19.7 Å². The molecule has 210 valence electrons. The number of halogens is 1. The number of para-hydroxylation sites is 1. The van der Waals surface area contributed by atoms with Crippen molar-refractivity contribution in [1.29, 1.82) is 0 Å². The standard InChI is InChI=1S/C34H30FN5O2/c1-2-30(41)39-20-18-27(19-21-39)40-33-25(11-8-23-9-14-26(35)15-10-23)22-37-34(36)31(33)32(38-40)24-12-16-29(17-13-24)42-28-6-4-3-5-7-28/h2-17,22,27H,1,18-21H2,(H2,36,37). The van der Waals surface area contributed by atoms with Crippen LogP contribution in [0.4, 0.5) is 10.2 Å². The summed E-state index contributed by atoms with van der Waals surface area (Å²) in [6.07, 6.45) is 8.46. The minimum Gasteiger partial charge on any atom is -0.457 e. The third-order valence-corrected chi connectivity index (χ3v) is 7.51. The summed E-state index contributed by atoms with van der Waals surface area (Å²) in [6.45, 7) is 4.85. The van der Waals surface area contributed by atoms with Crippen molar-refractivity contribution in [3.05, 3.63) is 115 Å². The molecule has 1 amide bonds. The number of likely N-dealkylation sites (tertiary alicyclic amines) is 1. The molecular formula is C34H30FN5O2. The maximum atomic E-state index is 13.5. The van der Waals surface area contributed by atoms with Crippen molar-refractivity contribution in [2.45, 2.75) is 18.9 Å². The van der Waals surface area contributed by atoms with Crippen molar-refractivity contribution in [2.24, 2.45) is 0 Å². The van der Waals surface area contributed by atoms with Crippen molar-refractivity contribution in [3.8, 4) is 22.8 Å². The molecule has 42 heavy (non-hydrogen) atoms. The van der Waals surface area contributed by atoms with E-state index in [4.69, 9.17) is 15.6 Å². The first-order valence-electron chi connectivity index (χ1n) is 13.8. The summed E-state index contributed by atoms with van der Waals surface area (Å²) >= 11 is 0. The summed E-state index contributed by atoms with van der Waals surface area (Å²) in [6, 6.07) is 23.7. The van der Waals surface area contributed by atoms with Gasteiger partial charge in [0.1, 0.15) is 28.8 Å². The Kier molecular flexibility index (Phi) is 7.51. The monoisotopic (exact) mass is 559 g/mol. The number of nitrogens with two attached hydrogens (primary N) is 1. The van der Waals surface area contributed by atoms with Gasteiger partial charge in [0.2, 0.25) is 5.91 Å². The van der Waals surface area contributed by atoms with Crippen molar-refractivity contribution < 1.29 is 13.9 Å². The fraction of sp³-hybridized carbons (Fsp3) is 0.147. The van der Waals surface area contributed by atoms with Crippen LogP contribution in [-0.4, -0.2) is 38.7 Å². The van der Waals surface area contributed by atoms with Gasteiger partial charge in [-0.1, -0.05) is 49.1 Å². The molecule has 0 spiro atoms. The predicted molar refractivity (Wildman–Crippen MR) is 164 cm³/mol. The highest BCUT2D eigenvalue weighted by molar-refractivity contribution is 6.04. The third-order valence-electron chi connectivity index (χ3n) is 7.51. The van der Waals surface area contributed by atoms with E-state index in [-0.39, 0.29) is 17.8 Å². The van der Waals surface area contributed by atoms with Gasteiger partial charge in [-0.3, -0.25) is 9.48 Å². The second kappa shape index (κ2) is 11.7.